The standard InChI is InChI=1S/C20H19ClN4O/c1-14-8-9-16(12-17(14)21)22-19-11-10-18(23-24-19)20(26)25(2)13-15-6-4-3-5-7-15/h3-12H,13H2,1-2H3,(H,22,24). The Balaban J connectivity index is 1.66. The number of aryl methyl sites for hydroxylation is 1. The fourth-order valence-electron chi connectivity index (χ4n) is 2.46. The number of carbonyl (C=O) groups excluding carboxylic acids is 1. The molecule has 0 unspecified atom stereocenters. The summed E-state index contributed by atoms with van der Waals surface area (Å²) >= 11 is 6.12. The molecule has 132 valence electrons. The first-order chi connectivity index (χ1) is 12.5. The van der Waals surface area contributed by atoms with Crippen LogP contribution < -0.4 is 5.32 Å². The van der Waals surface area contributed by atoms with E-state index in [1.54, 1.807) is 24.1 Å². The lowest BCUT2D eigenvalue weighted by Gasteiger charge is -2.16. The molecule has 0 aliphatic rings. The van der Waals surface area contributed by atoms with Gasteiger partial charge in [-0.2, -0.15) is 0 Å². The van der Waals surface area contributed by atoms with Crippen molar-refractivity contribution in [1.29, 1.82) is 0 Å². The third-order valence-electron chi connectivity index (χ3n) is 3.94. The second-order valence-corrected chi connectivity index (χ2v) is 6.45. The molecular weight excluding hydrogens is 348 g/mol. The molecule has 1 N–H and O–H groups in total. The summed E-state index contributed by atoms with van der Waals surface area (Å²) in [6, 6.07) is 18.9. The average Bonchev–Trinajstić information content (AvgIpc) is 2.65. The number of aromatic nitrogens is 2. The predicted octanol–water partition coefficient (Wildman–Crippen LogP) is 4.45. The highest BCUT2D eigenvalue weighted by molar-refractivity contribution is 6.31. The lowest BCUT2D eigenvalue weighted by Crippen LogP contribution is -2.27. The van der Waals surface area contributed by atoms with Gasteiger partial charge in [0.05, 0.1) is 0 Å². The number of nitrogens with one attached hydrogen (secondary N) is 1. The van der Waals surface area contributed by atoms with E-state index in [0.717, 1.165) is 16.8 Å². The van der Waals surface area contributed by atoms with Gasteiger partial charge < -0.3 is 10.2 Å². The fourth-order valence-corrected chi connectivity index (χ4v) is 2.64. The van der Waals surface area contributed by atoms with Crippen molar-refractivity contribution in [3.63, 3.8) is 0 Å². The van der Waals surface area contributed by atoms with E-state index < -0.39 is 0 Å². The first kappa shape index (κ1) is 17.9. The van der Waals surface area contributed by atoms with Crippen molar-refractivity contribution in [3.8, 4) is 0 Å². The highest BCUT2D eigenvalue weighted by Crippen LogP contribution is 2.22. The van der Waals surface area contributed by atoms with E-state index in [4.69, 9.17) is 11.6 Å². The van der Waals surface area contributed by atoms with E-state index in [9.17, 15) is 4.79 Å². The number of nitrogens with zero attached hydrogens (tertiary/aromatic N) is 3. The summed E-state index contributed by atoms with van der Waals surface area (Å²) in [5, 5.41) is 11.9. The maximum absolute atomic E-state index is 12.5. The zero-order valence-electron chi connectivity index (χ0n) is 14.6. The van der Waals surface area contributed by atoms with Crippen molar-refractivity contribution in [1.82, 2.24) is 15.1 Å². The van der Waals surface area contributed by atoms with E-state index in [0.29, 0.717) is 23.1 Å². The molecule has 3 rings (SSSR count). The fraction of sp³-hybridized carbons (Fsp3) is 0.150. The van der Waals surface area contributed by atoms with Gasteiger partial charge in [-0.15, -0.1) is 10.2 Å². The Labute approximate surface area is 157 Å². The normalized spacial score (nSPS) is 10.4. The second kappa shape index (κ2) is 7.97. The molecule has 3 aromatic rings. The van der Waals surface area contributed by atoms with E-state index in [-0.39, 0.29) is 5.91 Å². The molecule has 0 radical (unpaired) electrons. The summed E-state index contributed by atoms with van der Waals surface area (Å²) in [6.07, 6.45) is 0. The number of anilines is 2. The van der Waals surface area contributed by atoms with E-state index in [2.05, 4.69) is 15.5 Å². The number of amides is 1. The Morgan fingerprint density at radius 3 is 2.50 bits per heavy atom. The highest BCUT2D eigenvalue weighted by atomic mass is 35.5. The van der Waals surface area contributed by atoms with Gasteiger partial charge in [0.2, 0.25) is 0 Å². The smallest absolute Gasteiger partial charge is 0.274 e. The van der Waals surface area contributed by atoms with Gasteiger partial charge in [-0.05, 0) is 42.3 Å². The topological polar surface area (TPSA) is 58.1 Å². The number of rotatable bonds is 5. The highest BCUT2D eigenvalue weighted by Gasteiger charge is 2.14. The van der Waals surface area contributed by atoms with Crippen molar-refractivity contribution in [2.24, 2.45) is 0 Å². The van der Waals surface area contributed by atoms with Crippen LogP contribution in [0.25, 0.3) is 0 Å². The summed E-state index contributed by atoms with van der Waals surface area (Å²) in [5.41, 5.74) is 3.18. The van der Waals surface area contributed by atoms with Gasteiger partial charge in [0.25, 0.3) is 5.91 Å². The van der Waals surface area contributed by atoms with Crippen molar-refractivity contribution in [2.75, 3.05) is 12.4 Å². The van der Waals surface area contributed by atoms with Crippen LogP contribution >= 0.6 is 11.6 Å². The van der Waals surface area contributed by atoms with Crippen LogP contribution in [0.5, 0.6) is 0 Å². The molecule has 0 saturated carbocycles. The van der Waals surface area contributed by atoms with Gasteiger partial charge in [-0.25, -0.2) is 0 Å². The number of halogens is 1. The first-order valence-corrected chi connectivity index (χ1v) is 8.57. The minimum absolute atomic E-state index is 0.175. The zero-order valence-corrected chi connectivity index (χ0v) is 15.4. The molecule has 0 bridgehead atoms. The van der Waals surface area contributed by atoms with Gasteiger partial charge in [0.1, 0.15) is 0 Å². The van der Waals surface area contributed by atoms with Crippen LogP contribution in [0.2, 0.25) is 5.02 Å². The molecule has 1 heterocycles. The Kier molecular flexibility index (Phi) is 5.49. The van der Waals surface area contributed by atoms with Crippen molar-refractivity contribution in [2.45, 2.75) is 13.5 Å². The predicted molar refractivity (Wildman–Crippen MR) is 104 cm³/mol. The van der Waals surface area contributed by atoms with Crippen LogP contribution in [0, 0.1) is 6.92 Å². The van der Waals surface area contributed by atoms with E-state index in [1.165, 1.54) is 0 Å². The number of benzene rings is 2. The second-order valence-electron chi connectivity index (χ2n) is 6.04. The molecule has 0 saturated heterocycles. The van der Waals surface area contributed by atoms with Crippen LogP contribution in [-0.2, 0) is 6.54 Å². The largest absolute Gasteiger partial charge is 0.339 e. The zero-order chi connectivity index (χ0) is 18.5. The monoisotopic (exact) mass is 366 g/mol. The SMILES string of the molecule is Cc1ccc(Nc2ccc(C(=O)N(C)Cc3ccccc3)nn2)cc1Cl. The molecule has 1 aromatic heterocycles. The number of hydrogen-bond donors (Lipinski definition) is 1. The van der Waals surface area contributed by atoms with Crippen LogP contribution in [0.3, 0.4) is 0 Å². The Morgan fingerprint density at radius 1 is 1.08 bits per heavy atom. The quantitative estimate of drug-likeness (QED) is 0.724. The molecule has 0 atom stereocenters. The molecule has 0 spiro atoms. The minimum Gasteiger partial charge on any atom is -0.339 e. The molecule has 1 amide bonds. The molecule has 0 aliphatic carbocycles. The van der Waals surface area contributed by atoms with Crippen molar-refractivity contribution < 1.29 is 4.79 Å². The van der Waals surface area contributed by atoms with Crippen LogP contribution in [0.1, 0.15) is 21.6 Å². The van der Waals surface area contributed by atoms with Gasteiger partial charge >= 0.3 is 0 Å². The van der Waals surface area contributed by atoms with E-state index >= 15 is 0 Å². The van der Waals surface area contributed by atoms with Crippen LogP contribution in [0.4, 0.5) is 11.5 Å². The molecule has 5 nitrogen and oxygen atoms in total. The molecule has 2 aromatic carbocycles. The summed E-state index contributed by atoms with van der Waals surface area (Å²) < 4.78 is 0. The summed E-state index contributed by atoms with van der Waals surface area (Å²) in [7, 11) is 1.75. The van der Waals surface area contributed by atoms with E-state index in [1.807, 2.05) is 55.5 Å². The van der Waals surface area contributed by atoms with Gasteiger partial charge in [0, 0.05) is 24.3 Å². The molecule has 6 heteroatoms. The summed E-state index contributed by atoms with van der Waals surface area (Å²) in [4.78, 5) is 14.1. The van der Waals surface area contributed by atoms with Gasteiger partial charge in [-0.3, -0.25) is 4.79 Å². The lowest BCUT2D eigenvalue weighted by atomic mass is 10.2. The van der Waals surface area contributed by atoms with Gasteiger partial charge in [0.15, 0.2) is 11.5 Å². The Morgan fingerprint density at radius 2 is 1.85 bits per heavy atom. The number of carbonyl (C=O) groups is 1. The van der Waals surface area contributed by atoms with Crippen molar-refractivity contribution in [3.05, 3.63) is 82.5 Å². The molecule has 0 aliphatic heterocycles. The third-order valence-corrected chi connectivity index (χ3v) is 4.34. The lowest BCUT2D eigenvalue weighted by molar-refractivity contribution is 0.0778. The maximum atomic E-state index is 12.5. The maximum Gasteiger partial charge on any atom is 0.274 e. The van der Waals surface area contributed by atoms with Gasteiger partial charge in [-0.1, -0.05) is 48.0 Å². The summed E-state index contributed by atoms with van der Waals surface area (Å²) in [5.74, 6) is 0.374. The molecule has 0 fully saturated rings. The Hall–Kier alpha value is -2.92. The van der Waals surface area contributed by atoms with Crippen LogP contribution in [-0.4, -0.2) is 28.1 Å². The molecule has 26 heavy (non-hydrogen) atoms. The Bertz CT molecular complexity index is 897. The molecular formula is C20H19ClN4O. The van der Waals surface area contributed by atoms with Crippen molar-refractivity contribution >= 4 is 29.0 Å². The number of hydrogen-bond acceptors (Lipinski definition) is 4. The average molecular weight is 367 g/mol. The summed E-state index contributed by atoms with van der Waals surface area (Å²) in [6.45, 7) is 2.46. The minimum atomic E-state index is -0.175. The third kappa shape index (κ3) is 4.37. The van der Waals surface area contributed by atoms with Crippen LogP contribution in [0.15, 0.2) is 60.7 Å². The first-order valence-electron chi connectivity index (χ1n) is 8.19.